The van der Waals surface area contributed by atoms with Crippen molar-refractivity contribution < 1.29 is 78.0 Å². The monoisotopic (exact) mass is 265 g/mol. The van der Waals surface area contributed by atoms with Crippen molar-refractivity contribution in [2.24, 2.45) is 0 Å². The van der Waals surface area contributed by atoms with Gasteiger partial charge < -0.3 is 0 Å². The summed E-state index contributed by atoms with van der Waals surface area (Å²) in [6.45, 7) is 0. The van der Waals surface area contributed by atoms with Gasteiger partial charge in [-0.05, 0) is 0 Å². The van der Waals surface area contributed by atoms with Gasteiger partial charge in [0, 0.05) is 78.0 Å². The van der Waals surface area contributed by atoms with Gasteiger partial charge in [-0.15, -0.1) is 0 Å². The molecule has 1 radical (unpaired) electrons. The molecule has 0 nitrogen and oxygen atoms in total. The molecule has 0 amide bonds. The van der Waals surface area contributed by atoms with Gasteiger partial charge in [-0.2, -0.15) is 0 Å². The van der Waals surface area contributed by atoms with Crippen LogP contribution in [0.4, 0.5) is 0 Å². The average Bonchev–Trinajstić information content (AvgIpc) is 0. The van der Waals surface area contributed by atoms with Crippen LogP contribution in [0.25, 0.3) is 0 Å². The van der Waals surface area contributed by atoms with Gasteiger partial charge in [0.1, 0.15) is 0 Å². The van der Waals surface area contributed by atoms with E-state index < -0.39 is 0 Å². The average molecular weight is 266 g/mol. The Morgan fingerprint density at radius 2 is 1.00 bits per heavy atom. The molecule has 0 saturated carbocycles. The maximum atomic E-state index is 0. The van der Waals surface area contributed by atoms with Crippen molar-refractivity contribution in [3.8, 4) is 0 Å². The molecule has 0 aliphatic heterocycles. The van der Waals surface area contributed by atoms with Crippen molar-refractivity contribution in [3.05, 3.63) is 0 Å². The third-order valence-corrected chi connectivity index (χ3v) is 0. The second-order valence-corrected chi connectivity index (χ2v) is 0. The minimum absolute atomic E-state index is 0. The van der Waals surface area contributed by atoms with E-state index in [1.165, 1.54) is 0 Å². The summed E-state index contributed by atoms with van der Waals surface area (Å²) in [5, 5.41) is 0. The molecule has 0 aromatic carbocycles. The molecule has 0 fully saturated rings. The Kier molecular flexibility index (Phi) is 141. The molecule has 31 valence electrons. The van der Waals surface area contributed by atoms with Crippen LogP contribution in [0.15, 0.2) is 0 Å². The first-order chi connectivity index (χ1) is 0. The van der Waals surface area contributed by atoms with Crippen LogP contribution in [0.1, 0.15) is 0 Å². The largest absolute Gasteiger partial charge is 0 e. The second-order valence-electron chi connectivity index (χ2n) is 0. The van der Waals surface area contributed by atoms with E-state index in [1.54, 1.807) is 0 Å². The number of hydrogen-bond donors (Lipinski definition) is 0. The Morgan fingerprint density at radius 3 is 1.00 bits per heavy atom. The van der Waals surface area contributed by atoms with Crippen LogP contribution in [0.3, 0.4) is 0 Å². The fourth-order valence-electron chi connectivity index (χ4n) is 0. The van der Waals surface area contributed by atoms with Gasteiger partial charge in [0.25, 0.3) is 0 Å². The standard InChI is InChI=1S/Ag.Cr.Ni.Ti. The minimum Gasteiger partial charge on any atom is 0 e. The molecular weight excluding hydrogens is 266 g/mol. The smallest absolute Gasteiger partial charge is 0 e. The molecule has 0 aliphatic rings. The summed E-state index contributed by atoms with van der Waals surface area (Å²) in [5.74, 6) is 0. The Balaban J connectivity index is 0. The molecule has 4 heavy (non-hydrogen) atoms. The van der Waals surface area contributed by atoms with Crippen molar-refractivity contribution in [2.45, 2.75) is 0 Å². The van der Waals surface area contributed by atoms with Crippen molar-refractivity contribution in [3.63, 3.8) is 0 Å². The van der Waals surface area contributed by atoms with Crippen LogP contribution < -0.4 is 0 Å². The summed E-state index contributed by atoms with van der Waals surface area (Å²) in [6.07, 6.45) is 0. The Morgan fingerprint density at radius 1 is 1.00 bits per heavy atom. The molecular formula is AgCrNiTi. The van der Waals surface area contributed by atoms with Crippen molar-refractivity contribution in [1.29, 1.82) is 0 Å². The Hall–Kier alpha value is 2.48. The summed E-state index contributed by atoms with van der Waals surface area (Å²) >= 11 is 0. The van der Waals surface area contributed by atoms with Gasteiger partial charge in [0.05, 0.1) is 0 Å². The summed E-state index contributed by atoms with van der Waals surface area (Å²) in [4.78, 5) is 0. The van der Waals surface area contributed by atoms with Gasteiger partial charge in [0.2, 0.25) is 0 Å². The molecule has 0 bridgehead atoms. The topological polar surface area (TPSA) is 0 Å². The molecule has 4 heteroatoms. The first-order valence-corrected chi connectivity index (χ1v) is 0. The van der Waals surface area contributed by atoms with E-state index in [1.807, 2.05) is 0 Å². The first kappa shape index (κ1) is 31.6. The molecule has 0 rings (SSSR count). The third kappa shape index (κ3) is 8.82. The number of hydrogen-bond acceptors (Lipinski definition) is 0. The summed E-state index contributed by atoms with van der Waals surface area (Å²) < 4.78 is 0. The molecule has 0 saturated heterocycles. The van der Waals surface area contributed by atoms with Crippen LogP contribution in [0, 0.1) is 0 Å². The van der Waals surface area contributed by atoms with Gasteiger partial charge in [-0.25, -0.2) is 0 Å². The van der Waals surface area contributed by atoms with E-state index in [-0.39, 0.29) is 78.0 Å². The normalized spacial score (nSPS) is 0. The predicted octanol–water partition coefficient (Wildman–Crippen LogP) is -0.0100. The molecule has 0 aliphatic carbocycles. The molecule has 0 aromatic rings. The number of rotatable bonds is 0. The molecule has 0 aromatic heterocycles. The first-order valence-electron chi connectivity index (χ1n) is 0. The van der Waals surface area contributed by atoms with Gasteiger partial charge in [-0.3, -0.25) is 0 Å². The molecule has 0 atom stereocenters. The van der Waals surface area contributed by atoms with E-state index in [0.29, 0.717) is 0 Å². The SMILES string of the molecule is [Ag].[Cr].[Ni].[Ti]. The Labute approximate surface area is 76.9 Å². The molecule has 0 spiro atoms. The van der Waals surface area contributed by atoms with E-state index >= 15 is 0 Å². The minimum atomic E-state index is 0. The summed E-state index contributed by atoms with van der Waals surface area (Å²) in [5.41, 5.74) is 0. The quantitative estimate of drug-likeness (QED) is 0.541. The fraction of sp³-hybridized carbons (Fsp3) is 0. The van der Waals surface area contributed by atoms with Crippen LogP contribution in [-0.2, 0) is 78.0 Å². The van der Waals surface area contributed by atoms with Gasteiger partial charge in [-0.1, -0.05) is 0 Å². The van der Waals surface area contributed by atoms with Crippen LogP contribution in [0.2, 0.25) is 0 Å². The maximum Gasteiger partial charge on any atom is 0 e. The van der Waals surface area contributed by atoms with E-state index in [0.717, 1.165) is 0 Å². The van der Waals surface area contributed by atoms with Crippen molar-refractivity contribution in [1.82, 2.24) is 0 Å². The van der Waals surface area contributed by atoms with E-state index in [4.69, 9.17) is 0 Å². The Bertz CT molecular complexity index is 8.00. The van der Waals surface area contributed by atoms with E-state index in [2.05, 4.69) is 0 Å². The predicted molar refractivity (Wildman–Crippen MR) is 0 cm³/mol. The maximum absolute atomic E-state index is 0. The van der Waals surface area contributed by atoms with Crippen molar-refractivity contribution >= 4 is 0 Å². The molecule has 0 unspecified atom stereocenters. The zero-order valence-corrected chi connectivity index (χ0v) is 6.83. The van der Waals surface area contributed by atoms with Crippen LogP contribution in [-0.4, -0.2) is 0 Å². The molecule has 0 heterocycles. The van der Waals surface area contributed by atoms with Crippen LogP contribution in [0.5, 0.6) is 0 Å². The van der Waals surface area contributed by atoms with E-state index in [9.17, 15) is 0 Å². The third-order valence-electron chi connectivity index (χ3n) is 0. The van der Waals surface area contributed by atoms with Gasteiger partial charge >= 0.3 is 0 Å². The zero-order valence-electron chi connectivity index (χ0n) is 1.53. The fourth-order valence-corrected chi connectivity index (χ4v) is 0. The van der Waals surface area contributed by atoms with Crippen LogP contribution >= 0.6 is 0 Å². The summed E-state index contributed by atoms with van der Waals surface area (Å²) in [7, 11) is 0. The van der Waals surface area contributed by atoms with Crippen molar-refractivity contribution in [2.75, 3.05) is 0 Å². The van der Waals surface area contributed by atoms with Gasteiger partial charge in [0.15, 0.2) is 0 Å². The summed E-state index contributed by atoms with van der Waals surface area (Å²) in [6, 6.07) is 0. The zero-order chi connectivity index (χ0) is 0. The second kappa shape index (κ2) is 17.9. The molecule has 0 N–H and O–H groups in total.